The third-order valence-electron chi connectivity index (χ3n) is 6.12. The molecule has 1 amide bonds. The van der Waals surface area contributed by atoms with Crippen molar-refractivity contribution in [3.05, 3.63) is 18.0 Å². The summed E-state index contributed by atoms with van der Waals surface area (Å²) in [5, 5.41) is 8.96. The molecular weight excluding hydrogens is 368 g/mol. The highest BCUT2D eigenvalue weighted by Gasteiger charge is 2.27. The molecule has 29 heavy (non-hydrogen) atoms. The van der Waals surface area contributed by atoms with Crippen molar-refractivity contribution in [3.63, 3.8) is 0 Å². The summed E-state index contributed by atoms with van der Waals surface area (Å²) in [7, 11) is 0. The number of carbonyl (C=O) groups excluding carboxylic acids is 1. The van der Waals surface area contributed by atoms with Crippen LogP contribution in [0.4, 0.5) is 5.82 Å². The fraction of sp³-hybridized carbons (Fsp3) is 0.667. The van der Waals surface area contributed by atoms with Crippen LogP contribution in [0, 0.1) is 12.8 Å². The van der Waals surface area contributed by atoms with Crippen LogP contribution in [-0.2, 0) is 16.1 Å². The van der Waals surface area contributed by atoms with Gasteiger partial charge >= 0.3 is 0 Å². The summed E-state index contributed by atoms with van der Waals surface area (Å²) < 4.78 is 7.41. The summed E-state index contributed by atoms with van der Waals surface area (Å²) in [6.07, 6.45) is 3.60. The Morgan fingerprint density at radius 2 is 2.00 bits per heavy atom. The van der Waals surface area contributed by atoms with Gasteiger partial charge in [0.1, 0.15) is 5.52 Å². The molecule has 0 atom stereocenters. The molecule has 4 rings (SSSR count). The topological polar surface area (TPSA) is 75.5 Å². The first-order chi connectivity index (χ1) is 14.2. The minimum absolute atomic E-state index is 0.0907. The highest BCUT2D eigenvalue weighted by Crippen LogP contribution is 2.30. The van der Waals surface area contributed by atoms with Gasteiger partial charge in [-0.05, 0) is 32.8 Å². The van der Waals surface area contributed by atoms with Crippen LogP contribution >= 0.6 is 0 Å². The Bertz CT molecular complexity index is 837. The lowest BCUT2D eigenvalue weighted by molar-refractivity contribution is -0.125. The van der Waals surface area contributed by atoms with Gasteiger partial charge in [-0.3, -0.25) is 14.4 Å². The third kappa shape index (κ3) is 4.38. The molecule has 2 saturated heterocycles. The van der Waals surface area contributed by atoms with E-state index in [0.29, 0.717) is 0 Å². The van der Waals surface area contributed by atoms with Gasteiger partial charge in [0.15, 0.2) is 5.82 Å². The predicted octanol–water partition coefficient (Wildman–Crippen LogP) is 1.42. The van der Waals surface area contributed by atoms with E-state index in [0.717, 1.165) is 88.9 Å². The van der Waals surface area contributed by atoms with Crippen LogP contribution in [0.25, 0.3) is 10.9 Å². The van der Waals surface area contributed by atoms with Gasteiger partial charge in [-0.15, -0.1) is 0 Å². The molecule has 2 aliphatic rings. The van der Waals surface area contributed by atoms with Gasteiger partial charge in [-0.2, -0.15) is 5.10 Å². The fourth-order valence-electron chi connectivity index (χ4n) is 4.39. The third-order valence-corrected chi connectivity index (χ3v) is 6.12. The van der Waals surface area contributed by atoms with Crippen LogP contribution in [0.2, 0.25) is 0 Å². The van der Waals surface area contributed by atoms with Crippen molar-refractivity contribution in [2.75, 3.05) is 57.4 Å². The van der Waals surface area contributed by atoms with Gasteiger partial charge in [-0.25, -0.2) is 4.98 Å². The Morgan fingerprint density at radius 3 is 2.72 bits per heavy atom. The van der Waals surface area contributed by atoms with Gasteiger partial charge < -0.3 is 15.0 Å². The zero-order valence-electron chi connectivity index (χ0n) is 17.6. The molecule has 2 aromatic rings. The molecule has 2 aliphatic heterocycles. The molecule has 158 valence electrons. The van der Waals surface area contributed by atoms with Crippen LogP contribution in [0.1, 0.15) is 25.5 Å². The normalized spacial score (nSPS) is 19.0. The van der Waals surface area contributed by atoms with Crippen LogP contribution in [0.15, 0.2) is 12.3 Å². The second kappa shape index (κ2) is 9.09. The summed E-state index contributed by atoms with van der Waals surface area (Å²) in [5.41, 5.74) is 2.15. The number of nitrogens with one attached hydrogen (secondary N) is 1. The molecule has 2 fully saturated rings. The number of aryl methyl sites for hydroxylation is 2. The number of nitrogens with zero attached hydrogens (tertiary/aromatic N) is 5. The Hall–Kier alpha value is -2.19. The number of ether oxygens (including phenoxy) is 1. The van der Waals surface area contributed by atoms with Crippen molar-refractivity contribution in [2.24, 2.45) is 5.92 Å². The fourth-order valence-corrected chi connectivity index (χ4v) is 4.39. The molecular formula is C21H32N6O2. The first kappa shape index (κ1) is 20.1. The van der Waals surface area contributed by atoms with Crippen LogP contribution in [0.3, 0.4) is 0 Å². The first-order valence-corrected chi connectivity index (χ1v) is 10.8. The van der Waals surface area contributed by atoms with Crippen molar-refractivity contribution in [2.45, 2.75) is 33.2 Å². The lowest BCUT2D eigenvalue weighted by Gasteiger charge is -2.33. The number of rotatable bonds is 6. The molecule has 0 radical (unpaired) electrons. The average Bonchev–Trinajstić information content (AvgIpc) is 3.10. The molecule has 0 unspecified atom stereocenters. The molecule has 1 N–H and O–H groups in total. The second-order valence-electron chi connectivity index (χ2n) is 7.94. The molecule has 8 nitrogen and oxygen atoms in total. The minimum Gasteiger partial charge on any atom is -0.379 e. The number of morpholine rings is 1. The smallest absolute Gasteiger partial charge is 0.223 e. The summed E-state index contributed by atoms with van der Waals surface area (Å²) in [4.78, 5) is 21.9. The number of pyridine rings is 1. The van der Waals surface area contributed by atoms with E-state index in [1.807, 2.05) is 23.9 Å². The molecule has 0 saturated carbocycles. The zero-order valence-corrected chi connectivity index (χ0v) is 17.6. The molecule has 2 aromatic heterocycles. The predicted molar refractivity (Wildman–Crippen MR) is 113 cm³/mol. The number of hydrogen-bond acceptors (Lipinski definition) is 6. The maximum Gasteiger partial charge on any atom is 0.223 e. The summed E-state index contributed by atoms with van der Waals surface area (Å²) in [5.74, 6) is 1.28. The summed E-state index contributed by atoms with van der Waals surface area (Å²) in [6.45, 7) is 11.8. The maximum absolute atomic E-state index is 12.6. The molecule has 0 aliphatic carbocycles. The number of fused-ring (bicyclic) bond motifs is 1. The van der Waals surface area contributed by atoms with Gasteiger partial charge in [0.05, 0.1) is 18.9 Å². The number of piperidine rings is 1. The highest BCUT2D eigenvalue weighted by atomic mass is 16.5. The van der Waals surface area contributed by atoms with Crippen molar-refractivity contribution in [1.82, 2.24) is 25.0 Å². The Kier molecular flexibility index (Phi) is 6.30. The van der Waals surface area contributed by atoms with E-state index in [1.54, 1.807) is 0 Å². The standard InChI is InChI=1S/C21H32N6O2/c1-3-27-19-18(16(2)24-27)4-7-22-20(19)26-9-5-17(6-10-26)21(28)23-8-11-25-12-14-29-15-13-25/h4,7,17H,3,5-6,8-15H2,1-2H3,(H,23,28). The molecule has 8 heteroatoms. The van der Waals surface area contributed by atoms with Crippen molar-refractivity contribution < 1.29 is 9.53 Å². The second-order valence-corrected chi connectivity index (χ2v) is 7.94. The zero-order chi connectivity index (χ0) is 20.2. The van der Waals surface area contributed by atoms with E-state index in [-0.39, 0.29) is 11.8 Å². The lowest BCUT2D eigenvalue weighted by Crippen LogP contribution is -2.44. The minimum atomic E-state index is 0.0907. The number of aromatic nitrogens is 3. The van der Waals surface area contributed by atoms with Gasteiger partial charge in [0.25, 0.3) is 0 Å². The quantitative estimate of drug-likeness (QED) is 0.791. The maximum atomic E-state index is 12.6. The number of carbonyl (C=O) groups is 1. The highest BCUT2D eigenvalue weighted by molar-refractivity contribution is 5.91. The first-order valence-electron chi connectivity index (χ1n) is 10.8. The van der Waals surface area contributed by atoms with E-state index in [2.05, 4.69) is 32.1 Å². The molecule has 0 aromatic carbocycles. The summed E-state index contributed by atoms with van der Waals surface area (Å²) >= 11 is 0. The van der Waals surface area contributed by atoms with E-state index in [4.69, 9.17) is 4.74 Å². The largest absolute Gasteiger partial charge is 0.379 e. The number of hydrogen-bond donors (Lipinski definition) is 1. The van der Waals surface area contributed by atoms with Gasteiger partial charge in [0.2, 0.25) is 5.91 Å². The summed E-state index contributed by atoms with van der Waals surface area (Å²) in [6, 6.07) is 2.04. The lowest BCUT2D eigenvalue weighted by atomic mass is 9.95. The molecule has 0 spiro atoms. The van der Waals surface area contributed by atoms with Crippen molar-refractivity contribution in [3.8, 4) is 0 Å². The number of anilines is 1. The van der Waals surface area contributed by atoms with E-state index >= 15 is 0 Å². The average molecular weight is 401 g/mol. The van der Waals surface area contributed by atoms with Gasteiger partial charge in [0, 0.05) is 63.3 Å². The molecule has 0 bridgehead atoms. The van der Waals surface area contributed by atoms with Crippen LogP contribution in [-0.4, -0.2) is 78.1 Å². The number of amides is 1. The van der Waals surface area contributed by atoms with Gasteiger partial charge in [-0.1, -0.05) is 0 Å². The molecule has 4 heterocycles. The van der Waals surface area contributed by atoms with Crippen molar-refractivity contribution in [1.29, 1.82) is 0 Å². The van der Waals surface area contributed by atoms with E-state index in [9.17, 15) is 4.79 Å². The SMILES string of the molecule is CCn1nc(C)c2ccnc(N3CCC(C(=O)NCCN4CCOCC4)CC3)c21. The van der Waals surface area contributed by atoms with Crippen LogP contribution in [0.5, 0.6) is 0 Å². The van der Waals surface area contributed by atoms with Crippen molar-refractivity contribution >= 4 is 22.6 Å². The Morgan fingerprint density at radius 1 is 1.24 bits per heavy atom. The van der Waals surface area contributed by atoms with E-state index < -0.39 is 0 Å². The Balaban J connectivity index is 1.32. The van der Waals surface area contributed by atoms with E-state index in [1.165, 1.54) is 5.39 Å². The van der Waals surface area contributed by atoms with Crippen LogP contribution < -0.4 is 10.2 Å². The Labute approximate surface area is 172 Å². The monoisotopic (exact) mass is 400 g/mol.